The second kappa shape index (κ2) is 10.4. The number of fused-ring (bicyclic) bond motifs is 4. The van der Waals surface area contributed by atoms with Gasteiger partial charge in [0.05, 0.1) is 29.0 Å². The normalized spacial score (nSPS) is 11.7. The van der Waals surface area contributed by atoms with E-state index in [1.54, 1.807) is 0 Å². The lowest BCUT2D eigenvalue weighted by molar-refractivity contribution is 1.08. The molecule has 0 unspecified atom stereocenters. The van der Waals surface area contributed by atoms with E-state index in [4.69, 9.17) is 15.0 Å². The topological polar surface area (TPSA) is 38.1 Å². The van der Waals surface area contributed by atoms with Gasteiger partial charge in [-0.2, -0.15) is 0 Å². The van der Waals surface area contributed by atoms with Gasteiger partial charge in [0, 0.05) is 6.21 Å². The van der Waals surface area contributed by atoms with E-state index in [1.807, 2.05) is 38.3 Å². The first kappa shape index (κ1) is 24.9. The van der Waals surface area contributed by atoms with Crippen molar-refractivity contribution in [3.05, 3.63) is 144 Å². The molecule has 0 bridgehead atoms. The fraction of sp³-hybridized carbons (Fsp3) is 0.0789. The Bertz CT molecular complexity index is 2090. The van der Waals surface area contributed by atoms with Crippen LogP contribution in [0.4, 0.5) is 0 Å². The first-order chi connectivity index (χ1) is 20.1. The van der Waals surface area contributed by atoms with Crippen LogP contribution in [0.2, 0.25) is 0 Å². The molecule has 3 heteroatoms. The van der Waals surface area contributed by atoms with E-state index in [0.29, 0.717) is 6.54 Å². The Morgan fingerprint density at radius 3 is 2.07 bits per heavy atom. The quantitative estimate of drug-likeness (QED) is 0.165. The number of nitrogens with zero attached hydrogens (tertiary/aromatic N) is 3. The van der Waals surface area contributed by atoms with Crippen LogP contribution >= 0.6 is 0 Å². The third-order valence-electron chi connectivity index (χ3n) is 7.79. The van der Waals surface area contributed by atoms with Crippen LogP contribution in [-0.4, -0.2) is 16.2 Å². The molecule has 0 aliphatic carbocycles. The summed E-state index contributed by atoms with van der Waals surface area (Å²) in [5.74, 6) is 0. The van der Waals surface area contributed by atoms with Crippen LogP contribution in [0.15, 0.2) is 126 Å². The molecule has 41 heavy (non-hydrogen) atoms. The van der Waals surface area contributed by atoms with Crippen molar-refractivity contribution < 1.29 is 0 Å². The molecule has 0 saturated carbocycles. The number of aliphatic imine (C=N–C) groups is 1. The Hall–Kier alpha value is -5.15. The Morgan fingerprint density at radius 1 is 0.561 bits per heavy atom. The molecule has 0 aliphatic heterocycles. The fourth-order valence-electron chi connectivity index (χ4n) is 5.60. The van der Waals surface area contributed by atoms with Crippen molar-refractivity contribution in [1.82, 2.24) is 9.97 Å². The van der Waals surface area contributed by atoms with Crippen LogP contribution in [-0.2, 0) is 6.54 Å². The van der Waals surface area contributed by atoms with E-state index in [2.05, 4.69) is 103 Å². The number of benzene rings is 6. The smallest absolute Gasteiger partial charge is 0.0896 e. The highest BCUT2D eigenvalue weighted by atomic mass is 14.8. The predicted molar refractivity (Wildman–Crippen MR) is 173 cm³/mol. The summed E-state index contributed by atoms with van der Waals surface area (Å²) in [6, 6.07) is 43.2. The minimum Gasteiger partial charge on any atom is -0.288 e. The molecule has 3 nitrogen and oxygen atoms in total. The van der Waals surface area contributed by atoms with E-state index < -0.39 is 0 Å². The van der Waals surface area contributed by atoms with Gasteiger partial charge >= 0.3 is 0 Å². The van der Waals surface area contributed by atoms with E-state index >= 15 is 0 Å². The molecule has 0 atom stereocenters. The molecular weight excluding hydrogens is 498 g/mol. The van der Waals surface area contributed by atoms with Crippen molar-refractivity contribution in [2.45, 2.75) is 20.4 Å². The molecule has 0 N–H and O–H groups in total. The molecule has 0 spiro atoms. The molecule has 1 aromatic heterocycles. The van der Waals surface area contributed by atoms with Crippen LogP contribution < -0.4 is 0 Å². The van der Waals surface area contributed by atoms with Crippen molar-refractivity contribution in [2.24, 2.45) is 4.99 Å². The van der Waals surface area contributed by atoms with E-state index in [-0.39, 0.29) is 0 Å². The van der Waals surface area contributed by atoms with Crippen molar-refractivity contribution in [3.63, 3.8) is 0 Å². The maximum absolute atomic E-state index is 4.84. The number of hydrogen-bond donors (Lipinski definition) is 0. The van der Waals surface area contributed by atoms with Crippen LogP contribution in [0.5, 0.6) is 0 Å². The van der Waals surface area contributed by atoms with Gasteiger partial charge in [-0.25, -0.2) is 9.97 Å². The van der Waals surface area contributed by atoms with Crippen molar-refractivity contribution in [3.8, 4) is 22.3 Å². The lowest BCUT2D eigenvalue weighted by Crippen LogP contribution is -1.94. The maximum Gasteiger partial charge on any atom is 0.0896 e. The highest BCUT2D eigenvalue weighted by molar-refractivity contribution is 6.13. The summed E-state index contributed by atoms with van der Waals surface area (Å²) >= 11 is 0. The Balaban J connectivity index is 1.41. The van der Waals surface area contributed by atoms with Gasteiger partial charge in [-0.05, 0) is 105 Å². The van der Waals surface area contributed by atoms with E-state index in [1.165, 1.54) is 32.7 Å². The fourth-order valence-corrected chi connectivity index (χ4v) is 5.60. The molecule has 196 valence electrons. The molecule has 1 heterocycles. The molecule has 0 fully saturated rings. The second-order valence-electron chi connectivity index (χ2n) is 10.6. The standard InChI is InChI=1S/C38H29N3/c1-25-26(2)41-38-22-29(16-17-37(38)40-25)31-18-28(24-39-23-27-10-4-3-5-11-27)19-32(20-31)36-21-30-12-6-7-13-33(30)34-14-8-9-15-35(34)36/h3-23H,24H2,1-2H3/b39-23+. The van der Waals surface area contributed by atoms with Gasteiger partial charge in [0.25, 0.3) is 0 Å². The Labute approximate surface area is 239 Å². The third-order valence-corrected chi connectivity index (χ3v) is 7.79. The molecule has 6 aromatic carbocycles. The summed E-state index contributed by atoms with van der Waals surface area (Å²) in [5.41, 5.74) is 10.7. The molecule has 0 amide bonds. The number of aryl methyl sites for hydroxylation is 2. The number of rotatable bonds is 5. The van der Waals surface area contributed by atoms with Gasteiger partial charge < -0.3 is 0 Å². The minimum atomic E-state index is 0.590. The molecule has 0 aliphatic rings. The summed E-state index contributed by atoms with van der Waals surface area (Å²) in [6.45, 7) is 4.62. The summed E-state index contributed by atoms with van der Waals surface area (Å²) in [4.78, 5) is 14.4. The predicted octanol–water partition coefficient (Wildman–Crippen LogP) is 9.51. The van der Waals surface area contributed by atoms with Crippen LogP contribution in [0.25, 0.3) is 54.8 Å². The first-order valence-electron chi connectivity index (χ1n) is 14.0. The Morgan fingerprint density at radius 2 is 1.24 bits per heavy atom. The van der Waals surface area contributed by atoms with Crippen LogP contribution in [0.3, 0.4) is 0 Å². The molecule has 7 rings (SSSR count). The second-order valence-corrected chi connectivity index (χ2v) is 10.6. The average molecular weight is 528 g/mol. The highest BCUT2D eigenvalue weighted by Crippen LogP contribution is 2.37. The first-order valence-corrected chi connectivity index (χ1v) is 14.0. The van der Waals surface area contributed by atoms with Gasteiger partial charge in [0.1, 0.15) is 0 Å². The zero-order valence-corrected chi connectivity index (χ0v) is 23.2. The summed E-state index contributed by atoms with van der Waals surface area (Å²) < 4.78 is 0. The average Bonchev–Trinajstić information content (AvgIpc) is 3.01. The van der Waals surface area contributed by atoms with Gasteiger partial charge in [-0.3, -0.25) is 4.99 Å². The summed E-state index contributed by atoms with van der Waals surface area (Å²) in [6.07, 6.45) is 1.95. The SMILES string of the molecule is Cc1nc2ccc(-c3cc(C/N=C/c4ccccc4)cc(-c4cc5ccccc5c5ccccc45)c3)cc2nc1C. The lowest BCUT2D eigenvalue weighted by Gasteiger charge is -2.14. The van der Waals surface area contributed by atoms with Crippen LogP contribution in [0, 0.1) is 13.8 Å². The largest absolute Gasteiger partial charge is 0.288 e. The maximum atomic E-state index is 4.84. The monoisotopic (exact) mass is 527 g/mol. The number of aromatic nitrogens is 2. The lowest BCUT2D eigenvalue weighted by atomic mass is 9.90. The van der Waals surface area contributed by atoms with Gasteiger partial charge in [0.2, 0.25) is 0 Å². The van der Waals surface area contributed by atoms with Gasteiger partial charge in [-0.1, -0.05) is 84.9 Å². The Kier molecular flexibility index (Phi) is 6.33. The third kappa shape index (κ3) is 4.87. The summed E-state index contributed by atoms with van der Waals surface area (Å²) in [5, 5.41) is 5.02. The number of hydrogen-bond acceptors (Lipinski definition) is 3. The van der Waals surface area contributed by atoms with Gasteiger partial charge in [-0.15, -0.1) is 0 Å². The molecule has 7 aromatic rings. The van der Waals surface area contributed by atoms with Crippen molar-refractivity contribution in [1.29, 1.82) is 0 Å². The van der Waals surface area contributed by atoms with Crippen molar-refractivity contribution in [2.75, 3.05) is 0 Å². The summed E-state index contributed by atoms with van der Waals surface area (Å²) in [7, 11) is 0. The zero-order chi connectivity index (χ0) is 27.8. The van der Waals surface area contributed by atoms with E-state index in [0.717, 1.165) is 44.7 Å². The van der Waals surface area contributed by atoms with Crippen LogP contribution in [0.1, 0.15) is 22.5 Å². The van der Waals surface area contributed by atoms with Crippen molar-refractivity contribution >= 4 is 38.8 Å². The molecular formula is C38H29N3. The zero-order valence-electron chi connectivity index (χ0n) is 23.2. The molecule has 0 radical (unpaired) electrons. The van der Waals surface area contributed by atoms with Gasteiger partial charge in [0.15, 0.2) is 0 Å². The highest BCUT2D eigenvalue weighted by Gasteiger charge is 2.12. The molecule has 0 saturated heterocycles. The minimum absolute atomic E-state index is 0.590. The van der Waals surface area contributed by atoms with E-state index in [9.17, 15) is 0 Å².